The van der Waals surface area contributed by atoms with Crippen molar-refractivity contribution in [2.45, 2.75) is 25.3 Å². The van der Waals surface area contributed by atoms with Gasteiger partial charge in [0.1, 0.15) is 11.5 Å². The van der Waals surface area contributed by atoms with Crippen LogP contribution in [0.2, 0.25) is 0 Å². The van der Waals surface area contributed by atoms with Crippen LogP contribution in [0.4, 0.5) is 5.69 Å². The second kappa shape index (κ2) is 8.16. The Kier molecular flexibility index (Phi) is 5.44. The number of likely N-dealkylation sites (tertiary alicyclic amines) is 1. The molecule has 2 aliphatic heterocycles. The van der Waals surface area contributed by atoms with E-state index in [0.717, 1.165) is 4.88 Å². The van der Waals surface area contributed by atoms with Crippen molar-refractivity contribution in [1.82, 2.24) is 4.90 Å². The van der Waals surface area contributed by atoms with Crippen LogP contribution in [-0.4, -0.2) is 54.6 Å². The van der Waals surface area contributed by atoms with E-state index in [4.69, 9.17) is 4.74 Å². The number of carbonyl (C=O) groups is 3. The molecule has 0 radical (unpaired) electrons. The minimum absolute atomic E-state index is 0.0131. The van der Waals surface area contributed by atoms with E-state index >= 15 is 0 Å². The molecule has 3 heterocycles. The van der Waals surface area contributed by atoms with Crippen molar-refractivity contribution in [3.8, 4) is 5.75 Å². The van der Waals surface area contributed by atoms with Crippen LogP contribution in [0, 0.1) is 0 Å². The first kappa shape index (κ1) is 19.3. The molecule has 1 aromatic carbocycles. The molecule has 0 aliphatic carbocycles. The van der Waals surface area contributed by atoms with Gasteiger partial charge in [0.05, 0.1) is 30.1 Å². The summed E-state index contributed by atoms with van der Waals surface area (Å²) in [5, 5.41) is 1.89. The summed E-state index contributed by atoms with van der Waals surface area (Å²) >= 11 is 1.44. The number of ether oxygens (including phenoxy) is 1. The third kappa shape index (κ3) is 3.93. The van der Waals surface area contributed by atoms with E-state index in [0.29, 0.717) is 43.1 Å². The normalized spacial score (nSPS) is 19.3. The van der Waals surface area contributed by atoms with E-state index < -0.39 is 0 Å². The van der Waals surface area contributed by atoms with E-state index in [-0.39, 0.29) is 30.2 Å². The number of rotatable bonds is 4. The fourth-order valence-corrected chi connectivity index (χ4v) is 4.30. The molecule has 4 rings (SSSR count). The second-order valence-corrected chi connectivity index (χ2v) is 7.93. The Morgan fingerprint density at radius 2 is 1.86 bits per heavy atom. The van der Waals surface area contributed by atoms with Gasteiger partial charge in [-0.15, -0.1) is 11.3 Å². The van der Waals surface area contributed by atoms with Crippen molar-refractivity contribution in [3.05, 3.63) is 46.7 Å². The lowest BCUT2D eigenvalue weighted by Gasteiger charge is -2.30. The predicted octanol–water partition coefficient (Wildman–Crippen LogP) is 2.77. The third-order valence-electron chi connectivity index (χ3n) is 5.17. The van der Waals surface area contributed by atoms with Crippen molar-refractivity contribution in [1.29, 1.82) is 0 Å². The number of nitrogens with zero attached hydrogens (tertiary/aromatic N) is 3. The number of benzene rings is 1. The minimum Gasteiger partial charge on any atom is -0.497 e. The first-order chi connectivity index (χ1) is 14.1. The summed E-state index contributed by atoms with van der Waals surface area (Å²) in [6, 6.07) is 10.4. The number of piperidine rings is 1. The first-order valence-corrected chi connectivity index (χ1v) is 10.4. The van der Waals surface area contributed by atoms with E-state index in [2.05, 4.69) is 4.99 Å². The first-order valence-electron chi connectivity index (χ1n) is 9.47. The highest BCUT2D eigenvalue weighted by molar-refractivity contribution is 7.12. The summed E-state index contributed by atoms with van der Waals surface area (Å²) in [4.78, 5) is 45.9. The maximum absolute atomic E-state index is 12.8. The summed E-state index contributed by atoms with van der Waals surface area (Å²) in [7, 11) is 1.56. The molecule has 29 heavy (non-hydrogen) atoms. The van der Waals surface area contributed by atoms with Gasteiger partial charge in [-0.3, -0.25) is 19.4 Å². The van der Waals surface area contributed by atoms with Gasteiger partial charge < -0.3 is 9.64 Å². The van der Waals surface area contributed by atoms with Crippen LogP contribution in [0.15, 0.2) is 46.8 Å². The molecule has 8 heteroatoms. The van der Waals surface area contributed by atoms with Crippen LogP contribution in [-0.2, 0) is 9.59 Å². The van der Waals surface area contributed by atoms with Gasteiger partial charge in [-0.25, -0.2) is 4.90 Å². The second-order valence-electron chi connectivity index (χ2n) is 6.99. The standard InChI is InChI=1S/C21H21N3O4S/c1-28-16-6-4-15(5-7-16)24-19(25)13-17(20(24)26)22-14-8-10-23(11-9-14)21(27)18-3-2-12-29-18/h2-7,12,14H,8-11,13H2,1H3. The van der Waals surface area contributed by atoms with Crippen molar-refractivity contribution in [3.63, 3.8) is 0 Å². The van der Waals surface area contributed by atoms with Gasteiger partial charge in [-0.05, 0) is 48.6 Å². The van der Waals surface area contributed by atoms with Crippen molar-refractivity contribution in [2.75, 3.05) is 25.1 Å². The molecule has 2 aromatic rings. The van der Waals surface area contributed by atoms with Crippen LogP contribution in [0.5, 0.6) is 5.75 Å². The van der Waals surface area contributed by atoms with Crippen LogP contribution in [0.25, 0.3) is 0 Å². The number of anilines is 1. The number of aliphatic imine (C=N–C) groups is 1. The third-order valence-corrected chi connectivity index (χ3v) is 6.03. The Labute approximate surface area is 172 Å². The predicted molar refractivity (Wildman–Crippen MR) is 111 cm³/mol. The fourth-order valence-electron chi connectivity index (χ4n) is 3.61. The molecule has 3 amide bonds. The monoisotopic (exact) mass is 411 g/mol. The van der Waals surface area contributed by atoms with Gasteiger partial charge in [0.2, 0.25) is 5.91 Å². The quantitative estimate of drug-likeness (QED) is 0.725. The van der Waals surface area contributed by atoms with E-state index in [1.165, 1.54) is 16.2 Å². The molecular formula is C21H21N3O4S. The minimum atomic E-state index is -0.364. The zero-order chi connectivity index (χ0) is 20.4. The highest BCUT2D eigenvalue weighted by Gasteiger charge is 2.37. The number of amides is 3. The summed E-state index contributed by atoms with van der Waals surface area (Å²) in [5.74, 6) is 0.0657. The average Bonchev–Trinajstić information content (AvgIpc) is 3.37. The zero-order valence-electron chi connectivity index (χ0n) is 16.0. The molecule has 0 saturated carbocycles. The average molecular weight is 411 g/mol. The summed E-state index contributed by atoms with van der Waals surface area (Å²) < 4.78 is 5.12. The highest BCUT2D eigenvalue weighted by Crippen LogP contribution is 2.25. The SMILES string of the molecule is COc1ccc(N2C(=O)CC(=NC3CCN(C(=O)c4cccs4)CC3)C2=O)cc1. The van der Waals surface area contributed by atoms with Crippen LogP contribution in [0.3, 0.4) is 0 Å². The van der Waals surface area contributed by atoms with Gasteiger partial charge in [-0.1, -0.05) is 6.07 Å². The summed E-state index contributed by atoms with van der Waals surface area (Å²) in [5.41, 5.74) is 0.816. The topological polar surface area (TPSA) is 79.3 Å². The summed E-state index contributed by atoms with van der Waals surface area (Å²) in [6.07, 6.45) is 1.38. The van der Waals surface area contributed by atoms with Crippen molar-refractivity contribution < 1.29 is 19.1 Å². The van der Waals surface area contributed by atoms with Crippen molar-refractivity contribution in [2.24, 2.45) is 4.99 Å². The number of hydrogen-bond acceptors (Lipinski definition) is 6. The lowest BCUT2D eigenvalue weighted by atomic mass is 10.0. The Morgan fingerprint density at radius 3 is 2.48 bits per heavy atom. The molecule has 2 saturated heterocycles. The van der Waals surface area contributed by atoms with E-state index in [1.807, 2.05) is 22.4 Å². The van der Waals surface area contributed by atoms with Gasteiger partial charge >= 0.3 is 0 Å². The molecule has 1 aromatic heterocycles. The zero-order valence-corrected chi connectivity index (χ0v) is 16.9. The van der Waals surface area contributed by atoms with Crippen LogP contribution < -0.4 is 9.64 Å². The number of hydrogen-bond donors (Lipinski definition) is 0. The van der Waals surface area contributed by atoms with Crippen LogP contribution >= 0.6 is 11.3 Å². The number of thiophene rings is 1. The lowest BCUT2D eigenvalue weighted by molar-refractivity contribution is -0.120. The molecule has 150 valence electrons. The Hall–Kier alpha value is -3.00. The largest absolute Gasteiger partial charge is 0.497 e. The molecule has 7 nitrogen and oxygen atoms in total. The molecule has 0 spiro atoms. The van der Waals surface area contributed by atoms with E-state index in [9.17, 15) is 14.4 Å². The lowest BCUT2D eigenvalue weighted by Crippen LogP contribution is -2.39. The number of carbonyl (C=O) groups excluding carboxylic acids is 3. The Balaban J connectivity index is 1.41. The Bertz CT molecular complexity index is 945. The molecular weight excluding hydrogens is 390 g/mol. The van der Waals surface area contributed by atoms with Gasteiger partial charge in [0.25, 0.3) is 11.8 Å². The summed E-state index contributed by atoms with van der Waals surface area (Å²) in [6.45, 7) is 1.20. The molecule has 2 fully saturated rings. The fraction of sp³-hybridized carbons (Fsp3) is 0.333. The number of imide groups is 1. The van der Waals surface area contributed by atoms with Crippen molar-refractivity contribution >= 4 is 40.5 Å². The molecule has 0 atom stereocenters. The highest BCUT2D eigenvalue weighted by atomic mass is 32.1. The smallest absolute Gasteiger partial charge is 0.279 e. The molecule has 2 aliphatic rings. The maximum atomic E-state index is 12.8. The maximum Gasteiger partial charge on any atom is 0.279 e. The van der Waals surface area contributed by atoms with Crippen LogP contribution in [0.1, 0.15) is 28.9 Å². The van der Waals surface area contributed by atoms with Gasteiger partial charge in [0, 0.05) is 13.1 Å². The Morgan fingerprint density at radius 1 is 1.14 bits per heavy atom. The molecule has 0 bridgehead atoms. The molecule has 0 N–H and O–H groups in total. The van der Waals surface area contributed by atoms with Gasteiger partial charge in [-0.2, -0.15) is 0 Å². The number of methoxy groups -OCH3 is 1. The van der Waals surface area contributed by atoms with E-state index in [1.54, 1.807) is 31.4 Å². The van der Waals surface area contributed by atoms with Gasteiger partial charge in [0.15, 0.2) is 0 Å². The molecule has 0 unspecified atom stereocenters.